The molecule has 0 radical (unpaired) electrons. The Kier molecular flexibility index (Phi) is 13.6. The number of carbonyl (C=O) groups excluding carboxylic acids is 1. The van der Waals surface area contributed by atoms with Crippen molar-refractivity contribution in [2.24, 2.45) is 10.7 Å². The zero-order valence-electron chi connectivity index (χ0n) is 20.5. The summed E-state index contributed by atoms with van der Waals surface area (Å²) in [7, 11) is -10.6. The van der Waals surface area contributed by atoms with E-state index in [1.54, 1.807) is 6.08 Å². The molecule has 19 heteroatoms. The minimum absolute atomic E-state index is 0.528. The Bertz CT molecular complexity index is 918. The van der Waals surface area contributed by atoms with Crippen molar-refractivity contribution in [3.05, 3.63) is 12.3 Å². The largest absolute Gasteiger partial charge is 0.756 e. The van der Waals surface area contributed by atoms with Gasteiger partial charge in [-0.1, -0.05) is 12.8 Å². The van der Waals surface area contributed by atoms with E-state index in [-0.39, 0.29) is 0 Å². The summed E-state index contributed by atoms with van der Waals surface area (Å²) in [4.78, 5) is 57.7. The van der Waals surface area contributed by atoms with Crippen molar-refractivity contribution < 1.29 is 52.4 Å². The van der Waals surface area contributed by atoms with Gasteiger partial charge in [0, 0.05) is 19.2 Å². The van der Waals surface area contributed by atoms with E-state index in [0.29, 0.717) is 18.9 Å². The fourth-order valence-electron chi connectivity index (χ4n) is 3.77. The minimum atomic E-state index is -5.40. The van der Waals surface area contributed by atoms with Gasteiger partial charge in [-0.2, -0.15) is 12.6 Å². The third-order valence-corrected chi connectivity index (χ3v) is 6.85. The maximum atomic E-state index is 12.6. The molecule has 2 rings (SSSR count). The van der Waals surface area contributed by atoms with Crippen LogP contribution in [0.2, 0.25) is 0 Å². The quantitative estimate of drug-likeness (QED) is 0.0328. The molecule has 0 aromatic rings. The molecule has 7 unspecified atom stereocenters. The molecule has 2 aliphatic heterocycles. The number of phosphoric ester groups is 2. The Morgan fingerprint density at radius 3 is 2.58 bits per heavy atom. The van der Waals surface area contributed by atoms with Crippen molar-refractivity contribution in [3.8, 4) is 0 Å². The minimum Gasteiger partial charge on any atom is -0.756 e. The SMILES string of the molecule is NC(CCCS)=NCCCCCCNC1C=CN(C2OC(COP(=O)([O-])O)C(OP(=O)([O-])O)C2O)C(=O)N1. The fourth-order valence-corrected chi connectivity index (χ4v) is 4.83. The first-order chi connectivity index (χ1) is 17.8. The first kappa shape index (κ1) is 33.1. The molecule has 0 spiro atoms. The van der Waals surface area contributed by atoms with Crippen LogP contribution in [0.5, 0.6) is 0 Å². The van der Waals surface area contributed by atoms with Gasteiger partial charge in [0.2, 0.25) is 0 Å². The van der Waals surface area contributed by atoms with Gasteiger partial charge in [0.25, 0.3) is 15.6 Å². The highest BCUT2D eigenvalue weighted by molar-refractivity contribution is 7.80. The van der Waals surface area contributed by atoms with Crippen molar-refractivity contribution >= 4 is 40.1 Å². The number of rotatable bonds is 17. The third-order valence-electron chi connectivity index (χ3n) is 5.55. The number of amides is 2. The molecule has 2 heterocycles. The molecule has 38 heavy (non-hydrogen) atoms. The van der Waals surface area contributed by atoms with Crippen LogP contribution in [0.3, 0.4) is 0 Å². The molecule has 220 valence electrons. The van der Waals surface area contributed by atoms with Crippen molar-refractivity contribution in [1.82, 2.24) is 15.5 Å². The maximum absolute atomic E-state index is 12.6. The lowest BCUT2D eigenvalue weighted by molar-refractivity contribution is -0.229. The van der Waals surface area contributed by atoms with E-state index in [2.05, 4.69) is 37.3 Å². The number of thiol groups is 1. The summed E-state index contributed by atoms with van der Waals surface area (Å²) < 4.78 is 36.1. The number of aliphatic hydroxyl groups is 1. The van der Waals surface area contributed by atoms with Crippen LogP contribution < -0.4 is 26.2 Å². The number of hydrogen-bond acceptors (Lipinski definition) is 12. The second kappa shape index (κ2) is 15.6. The summed E-state index contributed by atoms with van der Waals surface area (Å²) in [5.74, 6) is 1.42. The molecule has 0 aliphatic carbocycles. The second-order valence-electron chi connectivity index (χ2n) is 8.60. The van der Waals surface area contributed by atoms with Crippen LogP contribution in [0.1, 0.15) is 38.5 Å². The van der Waals surface area contributed by atoms with E-state index in [4.69, 9.17) is 20.3 Å². The number of urea groups is 1. The Hall–Kier alpha value is -1.07. The molecular weight excluding hydrogens is 568 g/mol. The molecule has 0 saturated carbocycles. The highest BCUT2D eigenvalue weighted by Gasteiger charge is 2.50. The normalized spacial score (nSPS) is 29.2. The van der Waals surface area contributed by atoms with E-state index in [0.717, 1.165) is 49.2 Å². The number of aliphatic hydroxyl groups excluding tert-OH is 1. The van der Waals surface area contributed by atoms with Crippen molar-refractivity contribution in [3.63, 3.8) is 0 Å². The van der Waals surface area contributed by atoms with Gasteiger partial charge in [0.05, 0.1) is 12.4 Å². The summed E-state index contributed by atoms with van der Waals surface area (Å²) in [6.07, 6.45) is 0.904. The van der Waals surface area contributed by atoms with Gasteiger partial charge in [-0.3, -0.25) is 24.3 Å². The van der Waals surface area contributed by atoms with Gasteiger partial charge in [-0.15, -0.1) is 0 Å². The molecule has 1 fully saturated rings. The Labute approximate surface area is 225 Å². The van der Waals surface area contributed by atoms with Gasteiger partial charge in [0.15, 0.2) is 6.23 Å². The fraction of sp³-hybridized carbons (Fsp3) is 0.789. The van der Waals surface area contributed by atoms with E-state index >= 15 is 0 Å². The van der Waals surface area contributed by atoms with Crippen LogP contribution in [0.15, 0.2) is 17.3 Å². The number of nitrogens with zero attached hydrogens (tertiary/aromatic N) is 2. The number of hydrogen-bond donors (Lipinski definition) is 7. The maximum Gasteiger partial charge on any atom is 0.325 e. The molecule has 7 atom stereocenters. The van der Waals surface area contributed by atoms with E-state index in [9.17, 15) is 28.8 Å². The molecule has 1 saturated heterocycles. The number of ether oxygens (including phenoxy) is 1. The summed E-state index contributed by atoms with van der Waals surface area (Å²) >= 11 is 4.14. The lowest BCUT2D eigenvalue weighted by atomic mass is 10.1. The number of aliphatic imine (C=N–C) groups is 1. The van der Waals surface area contributed by atoms with Gasteiger partial charge in [0.1, 0.15) is 24.5 Å². The number of amidine groups is 1. The average Bonchev–Trinajstić information content (AvgIpc) is 3.11. The third kappa shape index (κ3) is 12.0. The highest BCUT2D eigenvalue weighted by atomic mass is 32.1. The average molecular weight is 604 g/mol. The topological polar surface area (TPSA) is 251 Å². The molecule has 2 amide bonds. The summed E-state index contributed by atoms with van der Waals surface area (Å²) in [5, 5.41) is 16.3. The molecular formula is C19H35N5O11P2S-2. The van der Waals surface area contributed by atoms with Crippen LogP contribution >= 0.6 is 28.3 Å². The van der Waals surface area contributed by atoms with Crippen molar-refractivity contribution in [1.29, 1.82) is 0 Å². The van der Waals surface area contributed by atoms with Crippen molar-refractivity contribution in [2.75, 3.05) is 25.4 Å². The molecule has 0 aromatic heterocycles. The molecule has 0 aromatic carbocycles. The van der Waals surface area contributed by atoms with Crippen LogP contribution in [0.4, 0.5) is 4.79 Å². The van der Waals surface area contributed by atoms with Crippen LogP contribution in [0.25, 0.3) is 0 Å². The summed E-state index contributed by atoms with van der Waals surface area (Å²) in [6, 6.07) is -0.714. The van der Waals surface area contributed by atoms with Gasteiger partial charge in [-0.25, -0.2) is 4.79 Å². The van der Waals surface area contributed by atoms with E-state index < -0.39 is 59.0 Å². The number of unbranched alkanes of at least 4 members (excludes halogenated alkanes) is 3. The monoisotopic (exact) mass is 603 g/mol. The van der Waals surface area contributed by atoms with Crippen LogP contribution in [-0.2, 0) is 22.9 Å². The molecule has 0 bridgehead atoms. The Morgan fingerprint density at radius 2 is 1.95 bits per heavy atom. The van der Waals surface area contributed by atoms with Crippen molar-refractivity contribution in [2.45, 2.75) is 69.2 Å². The standard InChI is InChI=1S/C19H37N5O11P2S/c20-14(6-5-11-38)21-8-3-1-2-4-9-22-15-7-10-24(19(26)23-15)18-16(25)17(35-37(30,31)32)13(34-18)12-33-36(27,28)29/h7,10,13,15-18,22,25,38H,1-6,8-9,11-12H2,(H2,20,21)(H,23,26)(H2,27,28,29)(H2,30,31,32)/p-2. The molecule has 16 nitrogen and oxygen atoms in total. The number of phosphoric acid groups is 2. The smallest absolute Gasteiger partial charge is 0.325 e. The van der Waals surface area contributed by atoms with Crippen LogP contribution in [-0.4, -0.2) is 87.8 Å². The summed E-state index contributed by atoms with van der Waals surface area (Å²) in [6.45, 7) is 0.332. The highest BCUT2D eigenvalue weighted by Crippen LogP contribution is 2.41. The zero-order chi connectivity index (χ0) is 28.3. The first-order valence-corrected chi connectivity index (χ1v) is 15.6. The summed E-state index contributed by atoms with van der Waals surface area (Å²) in [5.41, 5.74) is 5.80. The molecule has 2 aliphatic rings. The second-order valence-corrected chi connectivity index (χ2v) is 11.4. The lowest BCUT2D eigenvalue weighted by Crippen LogP contribution is -2.56. The predicted octanol–water partition coefficient (Wildman–Crippen LogP) is -1.52. The van der Waals surface area contributed by atoms with Gasteiger partial charge < -0.3 is 49.5 Å². The Morgan fingerprint density at radius 1 is 1.24 bits per heavy atom. The van der Waals surface area contributed by atoms with Gasteiger partial charge >= 0.3 is 6.03 Å². The Balaban J connectivity index is 1.81. The zero-order valence-corrected chi connectivity index (χ0v) is 23.2. The first-order valence-electron chi connectivity index (χ1n) is 11.9. The van der Waals surface area contributed by atoms with E-state index in [1.165, 1.54) is 6.20 Å². The van der Waals surface area contributed by atoms with Gasteiger partial charge in [-0.05, 0) is 37.6 Å². The molecule has 7 N–H and O–H groups in total. The number of carbonyl (C=O) groups is 1. The number of nitrogens with two attached hydrogens (primary N) is 1. The van der Waals surface area contributed by atoms with E-state index in [1.807, 2.05) is 0 Å². The predicted molar refractivity (Wildman–Crippen MR) is 134 cm³/mol. The lowest BCUT2D eigenvalue weighted by Gasteiger charge is -2.33. The van der Waals surface area contributed by atoms with Crippen LogP contribution in [0, 0.1) is 0 Å². The number of nitrogens with one attached hydrogen (secondary N) is 2.